The molecule has 2 aromatic rings. The molecule has 0 fully saturated rings. The molecular formula is C11H10N2O3. The van der Waals surface area contributed by atoms with Crippen molar-refractivity contribution >= 4 is 11.8 Å². The van der Waals surface area contributed by atoms with Crippen LogP contribution in [0.1, 0.15) is 15.9 Å². The zero-order valence-electron chi connectivity index (χ0n) is 8.60. The van der Waals surface area contributed by atoms with Gasteiger partial charge in [0.1, 0.15) is 0 Å². The van der Waals surface area contributed by atoms with Crippen LogP contribution in [0.2, 0.25) is 0 Å². The minimum Gasteiger partial charge on any atom is -0.477 e. The second kappa shape index (κ2) is 3.69. The van der Waals surface area contributed by atoms with Gasteiger partial charge in [0.15, 0.2) is 17.1 Å². The topological polar surface area (TPSA) is 89.4 Å². The molecule has 0 saturated heterocycles. The van der Waals surface area contributed by atoms with E-state index in [2.05, 4.69) is 5.16 Å². The Kier molecular flexibility index (Phi) is 2.36. The zero-order chi connectivity index (χ0) is 11.7. The molecule has 0 bridgehead atoms. The van der Waals surface area contributed by atoms with Crippen LogP contribution in [0.15, 0.2) is 28.8 Å². The summed E-state index contributed by atoms with van der Waals surface area (Å²) in [7, 11) is 0. The number of rotatable bonds is 2. The van der Waals surface area contributed by atoms with Crippen LogP contribution in [0.25, 0.3) is 11.3 Å². The van der Waals surface area contributed by atoms with Crippen LogP contribution in [-0.4, -0.2) is 16.2 Å². The Labute approximate surface area is 91.5 Å². The summed E-state index contributed by atoms with van der Waals surface area (Å²) in [5, 5.41) is 12.5. The van der Waals surface area contributed by atoms with E-state index >= 15 is 0 Å². The molecule has 0 aliphatic rings. The molecule has 0 aliphatic heterocycles. The summed E-state index contributed by atoms with van der Waals surface area (Å²) < 4.78 is 4.94. The van der Waals surface area contributed by atoms with Gasteiger partial charge < -0.3 is 15.4 Å². The predicted molar refractivity (Wildman–Crippen MR) is 58.0 cm³/mol. The molecule has 0 unspecified atom stereocenters. The third kappa shape index (κ3) is 1.63. The Morgan fingerprint density at radius 1 is 1.50 bits per heavy atom. The fourth-order valence-electron chi connectivity index (χ4n) is 1.49. The molecule has 16 heavy (non-hydrogen) atoms. The lowest BCUT2D eigenvalue weighted by molar-refractivity contribution is 0.0698. The molecule has 0 aliphatic carbocycles. The van der Waals surface area contributed by atoms with Gasteiger partial charge in [-0.25, -0.2) is 4.79 Å². The third-order valence-corrected chi connectivity index (χ3v) is 2.21. The number of aromatic carboxylic acids is 1. The second-order valence-corrected chi connectivity index (χ2v) is 3.45. The maximum Gasteiger partial charge on any atom is 0.343 e. The molecule has 82 valence electrons. The molecular weight excluding hydrogens is 208 g/mol. The van der Waals surface area contributed by atoms with Crippen LogP contribution in [0.3, 0.4) is 0 Å². The predicted octanol–water partition coefficient (Wildman–Crippen LogP) is 1.93. The standard InChI is InChI=1S/C11H10N2O3/c1-6-3-2-4-7(5-6)9-8(11(14)15)10(12)13-16-9/h2-5H,1H3,(H2,12,13)(H,14,15). The Morgan fingerprint density at radius 3 is 2.88 bits per heavy atom. The normalized spacial score (nSPS) is 10.3. The lowest BCUT2D eigenvalue weighted by Crippen LogP contribution is -2.01. The Balaban J connectivity index is 2.60. The van der Waals surface area contributed by atoms with Crippen molar-refractivity contribution in [3.8, 4) is 11.3 Å². The molecule has 0 atom stereocenters. The fraction of sp³-hybridized carbons (Fsp3) is 0.0909. The SMILES string of the molecule is Cc1cccc(-c2onc(N)c2C(=O)O)c1. The van der Waals surface area contributed by atoms with E-state index in [0.717, 1.165) is 5.56 Å². The van der Waals surface area contributed by atoms with E-state index in [1.807, 2.05) is 25.1 Å². The molecule has 0 radical (unpaired) electrons. The Bertz CT molecular complexity index is 546. The number of hydrogen-bond donors (Lipinski definition) is 2. The Hall–Kier alpha value is -2.30. The maximum absolute atomic E-state index is 11.0. The molecule has 1 aromatic heterocycles. The molecule has 3 N–H and O–H groups in total. The minimum absolute atomic E-state index is 0.0920. The molecule has 1 aromatic carbocycles. The number of benzene rings is 1. The number of carboxylic acids is 1. The number of aromatic nitrogens is 1. The molecule has 5 nitrogen and oxygen atoms in total. The van der Waals surface area contributed by atoms with Crippen molar-refractivity contribution in [1.29, 1.82) is 0 Å². The van der Waals surface area contributed by atoms with Crippen molar-refractivity contribution in [3.63, 3.8) is 0 Å². The third-order valence-electron chi connectivity index (χ3n) is 2.21. The molecule has 2 rings (SSSR count). The molecule has 0 spiro atoms. The summed E-state index contributed by atoms with van der Waals surface area (Å²) in [6.07, 6.45) is 0. The van der Waals surface area contributed by atoms with Crippen LogP contribution < -0.4 is 5.73 Å². The summed E-state index contributed by atoms with van der Waals surface area (Å²) in [6, 6.07) is 7.28. The first-order valence-corrected chi connectivity index (χ1v) is 4.65. The minimum atomic E-state index is -1.14. The average molecular weight is 218 g/mol. The summed E-state index contributed by atoms with van der Waals surface area (Å²) in [6.45, 7) is 1.91. The van der Waals surface area contributed by atoms with Crippen molar-refractivity contribution in [1.82, 2.24) is 5.16 Å². The highest BCUT2D eigenvalue weighted by molar-refractivity contribution is 5.98. The van der Waals surface area contributed by atoms with E-state index in [1.165, 1.54) is 0 Å². The van der Waals surface area contributed by atoms with E-state index in [1.54, 1.807) is 6.07 Å². The number of anilines is 1. The van der Waals surface area contributed by atoms with Crippen molar-refractivity contribution in [2.45, 2.75) is 6.92 Å². The summed E-state index contributed by atoms with van der Waals surface area (Å²) >= 11 is 0. The van der Waals surface area contributed by atoms with Crippen LogP contribution in [0.4, 0.5) is 5.82 Å². The van der Waals surface area contributed by atoms with Crippen molar-refractivity contribution < 1.29 is 14.4 Å². The van der Waals surface area contributed by atoms with Crippen LogP contribution in [0.5, 0.6) is 0 Å². The van der Waals surface area contributed by atoms with Crippen LogP contribution in [-0.2, 0) is 0 Å². The molecule has 0 amide bonds. The monoisotopic (exact) mass is 218 g/mol. The molecule has 5 heteroatoms. The van der Waals surface area contributed by atoms with Gasteiger partial charge in [0, 0.05) is 5.56 Å². The van der Waals surface area contributed by atoms with Gasteiger partial charge in [0.2, 0.25) is 0 Å². The van der Waals surface area contributed by atoms with Crippen LogP contribution in [0, 0.1) is 6.92 Å². The highest BCUT2D eigenvalue weighted by Gasteiger charge is 2.21. The van der Waals surface area contributed by atoms with E-state index in [9.17, 15) is 4.79 Å². The number of aryl methyl sites for hydroxylation is 1. The summed E-state index contributed by atoms with van der Waals surface area (Å²) in [5.41, 5.74) is 7.00. The van der Waals surface area contributed by atoms with Crippen molar-refractivity contribution in [2.75, 3.05) is 5.73 Å². The number of nitrogens with two attached hydrogens (primary N) is 1. The lowest BCUT2D eigenvalue weighted by atomic mass is 10.1. The number of nitrogen functional groups attached to an aromatic ring is 1. The van der Waals surface area contributed by atoms with Gasteiger partial charge in [0.05, 0.1) is 0 Å². The van der Waals surface area contributed by atoms with Crippen molar-refractivity contribution in [3.05, 3.63) is 35.4 Å². The summed E-state index contributed by atoms with van der Waals surface area (Å²) in [4.78, 5) is 11.0. The second-order valence-electron chi connectivity index (χ2n) is 3.45. The lowest BCUT2D eigenvalue weighted by Gasteiger charge is -1.99. The van der Waals surface area contributed by atoms with Gasteiger partial charge in [-0.2, -0.15) is 0 Å². The van der Waals surface area contributed by atoms with E-state index in [-0.39, 0.29) is 17.1 Å². The first-order valence-electron chi connectivity index (χ1n) is 4.65. The van der Waals surface area contributed by atoms with Crippen molar-refractivity contribution in [2.24, 2.45) is 0 Å². The van der Waals surface area contributed by atoms with Gasteiger partial charge in [0.25, 0.3) is 0 Å². The number of carboxylic acid groups (broad SMARTS) is 1. The van der Waals surface area contributed by atoms with Gasteiger partial charge in [-0.3, -0.25) is 0 Å². The highest BCUT2D eigenvalue weighted by Crippen LogP contribution is 2.28. The maximum atomic E-state index is 11.0. The van der Waals surface area contributed by atoms with E-state index in [0.29, 0.717) is 5.56 Å². The van der Waals surface area contributed by atoms with Gasteiger partial charge in [-0.15, -0.1) is 0 Å². The van der Waals surface area contributed by atoms with E-state index < -0.39 is 5.97 Å². The van der Waals surface area contributed by atoms with Gasteiger partial charge in [-0.1, -0.05) is 28.9 Å². The number of hydrogen-bond acceptors (Lipinski definition) is 4. The smallest absolute Gasteiger partial charge is 0.343 e. The molecule has 0 saturated carbocycles. The first kappa shape index (κ1) is 10.2. The fourth-order valence-corrected chi connectivity index (χ4v) is 1.49. The van der Waals surface area contributed by atoms with Gasteiger partial charge in [-0.05, 0) is 13.0 Å². The van der Waals surface area contributed by atoms with Crippen LogP contribution >= 0.6 is 0 Å². The Morgan fingerprint density at radius 2 is 2.25 bits per heavy atom. The molecule has 1 heterocycles. The summed E-state index contributed by atoms with van der Waals surface area (Å²) in [5.74, 6) is -1.06. The first-order chi connectivity index (χ1) is 7.59. The zero-order valence-corrected chi connectivity index (χ0v) is 8.60. The average Bonchev–Trinajstić information content (AvgIpc) is 2.60. The largest absolute Gasteiger partial charge is 0.477 e. The number of nitrogens with zero attached hydrogens (tertiary/aromatic N) is 1. The van der Waals surface area contributed by atoms with E-state index in [4.69, 9.17) is 15.4 Å². The quantitative estimate of drug-likeness (QED) is 0.803. The van der Waals surface area contributed by atoms with Gasteiger partial charge >= 0.3 is 5.97 Å². The highest BCUT2D eigenvalue weighted by atomic mass is 16.5. The number of carbonyl (C=O) groups is 1.